The fourth-order valence-electron chi connectivity index (χ4n) is 2.00. The summed E-state index contributed by atoms with van der Waals surface area (Å²) in [6.07, 6.45) is 0. The molecule has 0 saturated carbocycles. The Hall–Kier alpha value is -2.79. The van der Waals surface area contributed by atoms with Crippen molar-refractivity contribution in [3.8, 4) is 11.5 Å². The van der Waals surface area contributed by atoms with Crippen LogP contribution in [0.25, 0.3) is 0 Å². The van der Waals surface area contributed by atoms with E-state index in [1.165, 1.54) is 0 Å². The van der Waals surface area contributed by atoms with E-state index in [2.05, 4.69) is 11.9 Å². The largest absolute Gasteiger partial charge is 0.497 e. The monoisotopic (exact) mass is 327 g/mol. The van der Waals surface area contributed by atoms with Crippen LogP contribution in [0.2, 0.25) is 0 Å². The summed E-state index contributed by atoms with van der Waals surface area (Å²) in [4.78, 5) is 12.5. The zero-order valence-corrected chi connectivity index (χ0v) is 13.8. The molecule has 1 atom stereocenters. The van der Waals surface area contributed by atoms with Crippen molar-refractivity contribution >= 4 is 11.6 Å². The number of amides is 1. The summed E-state index contributed by atoms with van der Waals surface area (Å²) < 4.78 is 10.6. The van der Waals surface area contributed by atoms with Crippen LogP contribution in [0.1, 0.15) is 6.92 Å². The van der Waals surface area contributed by atoms with Gasteiger partial charge in [0.25, 0.3) is 5.91 Å². The van der Waals surface area contributed by atoms with E-state index in [0.717, 1.165) is 0 Å². The van der Waals surface area contributed by atoms with Crippen molar-refractivity contribution in [2.24, 2.45) is 0 Å². The van der Waals surface area contributed by atoms with E-state index < -0.39 is 11.5 Å². The Kier molecular flexibility index (Phi) is 5.60. The minimum atomic E-state index is -1.84. The van der Waals surface area contributed by atoms with Crippen LogP contribution in [0, 0.1) is 0 Å². The molecule has 0 saturated heterocycles. The van der Waals surface area contributed by atoms with Crippen molar-refractivity contribution in [1.29, 1.82) is 0 Å². The molecule has 2 rings (SSSR count). The van der Waals surface area contributed by atoms with Gasteiger partial charge in [-0.05, 0) is 48.9 Å². The third-order valence-electron chi connectivity index (χ3n) is 3.62. The van der Waals surface area contributed by atoms with E-state index in [4.69, 9.17) is 9.47 Å². The highest BCUT2D eigenvalue weighted by Crippen LogP contribution is 2.22. The van der Waals surface area contributed by atoms with Gasteiger partial charge in [0.05, 0.1) is 7.11 Å². The molecule has 24 heavy (non-hydrogen) atoms. The maximum atomic E-state index is 12.5. The Morgan fingerprint density at radius 1 is 1.12 bits per heavy atom. The van der Waals surface area contributed by atoms with Gasteiger partial charge in [0.15, 0.2) is 5.60 Å². The van der Waals surface area contributed by atoms with Crippen molar-refractivity contribution in [2.75, 3.05) is 19.0 Å². The number of carbonyl (C=O) groups excluding carboxylic acids is 1. The lowest BCUT2D eigenvalue weighted by molar-refractivity contribution is -0.133. The molecule has 0 unspecified atom stereocenters. The summed E-state index contributed by atoms with van der Waals surface area (Å²) in [6.45, 7) is 5.06. The van der Waals surface area contributed by atoms with Gasteiger partial charge in [-0.2, -0.15) is 0 Å². The summed E-state index contributed by atoms with van der Waals surface area (Å²) in [6, 6.07) is 15.8. The van der Waals surface area contributed by atoms with E-state index >= 15 is 0 Å². The number of carbonyl (C=O) groups is 1. The highest BCUT2D eigenvalue weighted by Gasteiger charge is 2.38. The van der Waals surface area contributed by atoms with E-state index in [1.54, 1.807) is 62.6 Å². The molecule has 0 heterocycles. The average Bonchev–Trinajstić information content (AvgIpc) is 2.60. The minimum Gasteiger partial charge on any atom is -0.497 e. The van der Waals surface area contributed by atoms with E-state index in [1.807, 2.05) is 6.07 Å². The van der Waals surface area contributed by atoms with Crippen molar-refractivity contribution in [3.63, 3.8) is 0 Å². The second-order valence-electron chi connectivity index (χ2n) is 5.42. The number of anilines is 1. The number of hydrogen-bond donors (Lipinski definition) is 2. The molecule has 126 valence electrons. The molecular formula is C19H21NO4. The second kappa shape index (κ2) is 7.66. The van der Waals surface area contributed by atoms with Crippen molar-refractivity contribution in [2.45, 2.75) is 12.5 Å². The number of rotatable bonds is 7. The standard InChI is InChI=1S/C19H21NO4/c1-14(2)19(22,18(21)20-15-7-5-4-6-8-15)13-24-17-11-9-16(23-3)10-12-17/h4-12,22H,1,13H2,2-3H3,(H,20,21)/t19-/m1/s1. The van der Waals surface area contributed by atoms with Crippen molar-refractivity contribution < 1.29 is 19.4 Å². The molecule has 0 radical (unpaired) electrons. The molecule has 5 nitrogen and oxygen atoms in total. The number of methoxy groups -OCH3 is 1. The smallest absolute Gasteiger partial charge is 0.264 e. The molecule has 5 heteroatoms. The van der Waals surface area contributed by atoms with Crippen LogP contribution in [-0.4, -0.2) is 30.3 Å². The van der Waals surface area contributed by atoms with Crippen molar-refractivity contribution in [3.05, 3.63) is 66.7 Å². The van der Waals surface area contributed by atoms with Crippen LogP contribution in [0.5, 0.6) is 11.5 Å². The van der Waals surface area contributed by atoms with Gasteiger partial charge in [0.1, 0.15) is 18.1 Å². The molecule has 0 aromatic heterocycles. The first kappa shape index (κ1) is 17.6. The first-order chi connectivity index (χ1) is 11.5. The maximum Gasteiger partial charge on any atom is 0.264 e. The first-order valence-electron chi connectivity index (χ1n) is 7.47. The zero-order chi connectivity index (χ0) is 17.6. The van der Waals surface area contributed by atoms with Gasteiger partial charge in [0, 0.05) is 5.69 Å². The Morgan fingerprint density at radius 3 is 2.25 bits per heavy atom. The fraction of sp³-hybridized carbons (Fsp3) is 0.211. The Morgan fingerprint density at radius 2 is 1.71 bits per heavy atom. The highest BCUT2D eigenvalue weighted by atomic mass is 16.5. The SMILES string of the molecule is C=C(C)[C@](O)(COc1ccc(OC)cc1)C(=O)Nc1ccccc1. The van der Waals surface area contributed by atoms with Gasteiger partial charge >= 0.3 is 0 Å². The molecule has 0 bridgehead atoms. The topological polar surface area (TPSA) is 67.8 Å². The zero-order valence-electron chi connectivity index (χ0n) is 13.8. The highest BCUT2D eigenvalue weighted by molar-refractivity contribution is 5.99. The fourth-order valence-corrected chi connectivity index (χ4v) is 2.00. The van der Waals surface area contributed by atoms with E-state index in [-0.39, 0.29) is 6.61 Å². The summed E-state index contributed by atoms with van der Waals surface area (Å²) in [5, 5.41) is 13.4. The van der Waals surface area contributed by atoms with Crippen LogP contribution >= 0.6 is 0 Å². The Balaban J connectivity index is 2.08. The number of benzene rings is 2. The second-order valence-corrected chi connectivity index (χ2v) is 5.42. The van der Waals surface area contributed by atoms with Gasteiger partial charge in [-0.3, -0.25) is 4.79 Å². The number of para-hydroxylation sites is 1. The average molecular weight is 327 g/mol. The summed E-state index contributed by atoms with van der Waals surface area (Å²) in [5.41, 5.74) is -0.952. The number of nitrogens with one attached hydrogen (secondary N) is 1. The van der Waals surface area contributed by atoms with Gasteiger partial charge in [-0.15, -0.1) is 0 Å². The summed E-state index contributed by atoms with van der Waals surface area (Å²) >= 11 is 0. The third kappa shape index (κ3) is 4.14. The molecule has 0 aliphatic heterocycles. The molecule has 0 aliphatic rings. The lowest BCUT2D eigenvalue weighted by Crippen LogP contribution is -2.48. The minimum absolute atomic E-state index is 0.243. The Bertz CT molecular complexity index is 697. The lowest BCUT2D eigenvalue weighted by atomic mass is 9.96. The number of aliphatic hydroxyl groups is 1. The molecule has 2 N–H and O–H groups in total. The van der Waals surface area contributed by atoms with Crippen LogP contribution in [0.15, 0.2) is 66.7 Å². The predicted octanol–water partition coefficient (Wildman–Crippen LogP) is 3.02. The van der Waals surface area contributed by atoms with E-state index in [0.29, 0.717) is 22.8 Å². The number of ether oxygens (including phenoxy) is 2. The van der Waals surface area contributed by atoms with Crippen LogP contribution in [0.4, 0.5) is 5.69 Å². The molecule has 1 amide bonds. The Labute approximate surface area is 141 Å². The van der Waals surface area contributed by atoms with Gasteiger partial charge in [-0.1, -0.05) is 24.8 Å². The van der Waals surface area contributed by atoms with Crippen molar-refractivity contribution in [1.82, 2.24) is 0 Å². The van der Waals surface area contributed by atoms with Crippen LogP contribution in [-0.2, 0) is 4.79 Å². The number of hydrogen-bond acceptors (Lipinski definition) is 4. The molecule has 0 fully saturated rings. The molecule has 0 aliphatic carbocycles. The van der Waals surface area contributed by atoms with Gasteiger partial charge in [0.2, 0.25) is 0 Å². The predicted molar refractivity (Wildman–Crippen MR) is 93.3 cm³/mol. The summed E-state index contributed by atoms with van der Waals surface area (Å²) in [7, 11) is 1.57. The molecule has 2 aromatic carbocycles. The van der Waals surface area contributed by atoms with Crippen LogP contribution in [0.3, 0.4) is 0 Å². The maximum absolute atomic E-state index is 12.5. The van der Waals surface area contributed by atoms with Gasteiger partial charge < -0.3 is 19.9 Å². The molecular weight excluding hydrogens is 306 g/mol. The molecule has 2 aromatic rings. The molecule has 0 spiro atoms. The van der Waals surface area contributed by atoms with Gasteiger partial charge in [-0.25, -0.2) is 0 Å². The van der Waals surface area contributed by atoms with E-state index in [9.17, 15) is 9.90 Å². The quantitative estimate of drug-likeness (QED) is 0.767. The first-order valence-corrected chi connectivity index (χ1v) is 7.47. The third-order valence-corrected chi connectivity index (χ3v) is 3.62. The van der Waals surface area contributed by atoms with Crippen LogP contribution < -0.4 is 14.8 Å². The normalized spacial score (nSPS) is 12.8. The lowest BCUT2D eigenvalue weighted by Gasteiger charge is -2.27. The summed E-state index contributed by atoms with van der Waals surface area (Å²) in [5.74, 6) is 0.622.